The first kappa shape index (κ1) is 12.3. The summed E-state index contributed by atoms with van der Waals surface area (Å²) >= 11 is 0. The van der Waals surface area contributed by atoms with Crippen LogP contribution >= 0.6 is 0 Å². The summed E-state index contributed by atoms with van der Waals surface area (Å²) in [5.74, 6) is 1.26. The number of aromatic nitrogens is 1. The highest BCUT2D eigenvalue weighted by molar-refractivity contribution is 6.12. The summed E-state index contributed by atoms with van der Waals surface area (Å²) in [4.78, 5) is 15.3. The first-order valence-electron chi connectivity index (χ1n) is 7.77. The molecule has 22 heavy (non-hydrogen) atoms. The van der Waals surface area contributed by atoms with Crippen molar-refractivity contribution < 1.29 is 14.1 Å². The summed E-state index contributed by atoms with van der Waals surface area (Å²) in [5.41, 5.74) is 3.48. The number of hydrogen-bond acceptors (Lipinski definition) is 4. The van der Waals surface area contributed by atoms with Crippen molar-refractivity contribution in [1.29, 1.82) is 0 Å². The number of fused-ring (bicyclic) bond motifs is 3. The van der Waals surface area contributed by atoms with Crippen LogP contribution in [0.15, 0.2) is 22.7 Å². The molecule has 0 saturated heterocycles. The molecule has 5 rings (SSSR count). The lowest BCUT2D eigenvalue weighted by Gasteiger charge is -2.22. The molecular weight excluding hydrogens is 280 g/mol. The molecule has 2 aromatic rings. The molecule has 112 valence electrons. The number of carbonyl (C=O) groups excluding carboxylic acids is 1. The van der Waals surface area contributed by atoms with Gasteiger partial charge in [0.2, 0.25) is 5.91 Å². The molecule has 1 amide bonds. The molecule has 0 fully saturated rings. The van der Waals surface area contributed by atoms with Crippen molar-refractivity contribution in [3.8, 4) is 5.88 Å². The Labute approximate surface area is 127 Å². The quantitative estimate of drug-likeness (QED) is 0.749. The Morgan fingerprint density at radius 1 is 1.32 bits per heavy atom. The number of benzene rings is 1. The van der Waals surface area contributed by atoms with Crippen LogP contribution in [0.3, 0.4) is 0 Å². The minimum Gasteiger partial charge on any atom is -0.473 e. The van der Waals surface area contributed by atoms with Gasteiger partial charge < -0.3 is 14.2 Å². The Morgan fingerprint density at radius 3 is 3.14 bits per heavy atom. The van der Waals surface area contributed by atoms with E-state index < -0.39 is 5.41 Å². The molecule has 5 heteroatoms. The second-order valence-corrected chi connectivity index (χ2v) is 6.34. The highest BCUT2D eigenvalue weighted by Gasteiger charge is 2.59. The molecule has 1 atom stereocenters. The lowest BCUT2D eigenvalue weighted by atomic mass is 9.76. The molecule has 1 unspecified atom stereocenters. The zero-order valence-electron chi connectivity index (χ0n) is 12.4. The van der Waals surface area contributed by atoms with Crippen molar-refractivity contribution in [3.63, 3.8) is 0 Å². The van der Waals surface area contributed by atoms with Gasteiger partial charge in [0.05, 0.1) is 11.3 Å². The molecule has 4 heterocycles. The molecule has 0 aliphatic carbocycles. The van der Waals surface area contributed by atoms with E-state index in [1.807, 2.05) is 11.8 Å². The maximum Gasteiger partial charge on any atom is 0.259 e. The largest absolute Gasteiger partial charge is 0.473 e. The minimum absolute atomic E-state index is 0.113. The van der Waals surface area contributed by atoms with Crippen LogP contribution in [-0.2, 0) is 16.6 Å². The Bertz CT molecular complexity index is 810. The Kier molecular flexibility index (Phi) is 2.18. The Hall–Kier alpha value is -2.30. The number of aryl methyl sites for hydroxylation is 2. The fourth-order valence-electron chi connectivity index (χ4n) is 4.27. The number of amides is 1. The fraction of sp³-hybridized carbons (Fsp3) is 0.412. The summed E-state index contributed by atoms with van der Waals surface area (Å²) in [6, 6.07) is 6.26. The van der Waals surface area contributed by atoms with E-state index in [1.165, 1.54) is 5.56 Å². The first-order chi connectivity index (χ1) is 10.7. The minimum atomic E-state index is -0.762. The van der Waals surface area contributed by atoms with E-state index in [0.717, 1.165) is 42.6 Å². The molecular formula is C17H16N2O3. The van der Waals surface area contributed by atoms with Gasteiger partial charge in [0.15, 0.2) is 0 Å². The molecule has 0 radical (unpaired) electrons. The average molecular weight is 296 g/mol. The van der Waals surface area contributed by atoms with Crippen molar-refractivity contribution >= 4 is 11.6 Å². The number of para-hydroxylation sites is 1. The monoisotopic (exact) mass is 296 g/mol. The molecule has 1 aromatic carbocycles. The van der Waals surface area contributed by atoms with Gasteiger partial charge in [0.25, 0.3) is 5.88 Å². The molecule has 0 saturated carbocycles. The molecule has 1 spiro atoms. The van der Waals surface area contributed by atoms with E-state index in [4.69, 9.17) is 9.26 Å². The molecule has 0 N–H and O–H groups in total. The fourth-order valence-corrected chi connectivity index (χ4v) is 4.27. The van der Waals surface area contributed by atoms with Crippen LogP contribution in [0.2, 0.25) is 0 Å². The summed E-state index contributed by atoms with van der Waals surface area (Å²) in [7, 11) is 0. The van der Waals surface area contributed by atoms with Crippen molar-refractivity contribution in [3.05, 3.63) is 40.6 Å². The normalized spacial score (nSPS) is 25.1. The van der Waals surface area contributed by atoms with E-state index in [9.17, 15) is 4.79 Å². The van der Waals surface area contributed by atoms with Crippen LogP contribution < -0.4 is 9.64 Å². The van der Waals surface area contributed by atoms with Gasteiger partial charge >= 0.3 is 0 Å². The molecule has 3 aliphatic rings. The van der Waals surface area contributed by atoms with Crippen molar-refractivity contribution in [1.82, 2.24) is 5.16 Å². The number of hydrogen-bond donors (Lipinski definition) is 0. The highest BCUT2D eigenvalue weighted by atomic mass is 16.5. The average Bonchev–Trinajstić information content (AvgIpc) is 3.08. The lowest BCUT2D eigenvalue weighted by Crippen LogP contribution is -2.43. The third-order valence-corrected chi connectivity index (χ3v) is 5.22. The number of nitrogens with zero attached hydrogens (tertiary/aromatic N) is 2. The summed E-state index contributed by atoms with van der Waals surface area (Å²) in [6.45, 7) is 2.96. The first-order valence-corrected chi connectivity index (χ1v) is 7.77. The summed E-state index contributed by atoms with van der Waals surface area (Å²) in [5, 5.41) is 3.96. The van der Waals surface area contributed by atoms with Crippen LogP contribution in [0, 0.1) is 6.92 Å². The van der Waals surface area contributed by atoms with Crippen LogP contribution in [0.5, 0.6) is 5.88 Å². The van der Waals surface area contributed by atoms with Crippen LogP contribution in [0.25, 0.3) is 0 Å². The van der Waals surface area contributed by atoms with Crippen molar-refractivity contribution in [2.45, 2.75) is 31.6 Å². The summed E-state index contributed by atoms with van der Waals surface area (Å²) in [6.07, 6.45) is 3.19. The van der Waals surface area contributed by atoms with Gasteiger partial charge in [-0.05, 0) is 42.5 Å². The van der Waals surface area contributed by atoms with E-state index in [0.29, 0.717) is 18.2 Å². The predicted octanol–water partition coefficient (Wildman–Crippen LogP) is 2.34. The Morgan fingerprint density at radius 2 is 2.23 bits per heavy atom. The summed E-state index contributed by atoms with van der Waals surface area (Å²) < 4.78 is 11.0. The van der Waals surface area contributed by atoms with E-state index >= 15 is 0 Å². The van der Waals surface area contributed by atoms with E-state index in [2.05, 4.69) is 23.4 Å². The predicted molar refractivity (Wildman–Crippen MR) is 79.2 cm³/mol. The van der Waals surface area contributed by atoms with Crippen molar-refractivity contribution in [2.75, 3.05) is 18.1 Å². The topological polar surface area (TPSA) is 55.6 Å². The standard InChI is InChI=1S/C17H16N2O3/c1-10-13-15(18-22-10)21-9-17(13)12-7-4-6-11-5-2-3-8-19(14(11)12)16(17)20/h4,6-7H,2-3,5,8-9H2,1H3. The van der Waals surface area contributed by atoms with Gasteiger partial charge in [-0.3, -0.25) is 4.79 Å². The van der Waals surface area contributed by atoms with Crippen LogP contribution in [0.4, 0.5) is 5.69 Å². The van der Waals surface area contributed by atoms with Crippen molar-refractivity contribution in [2.24, 2.45) is 0 Å². The Balaban J connectivity index is 1.85. The molecule has 5 nitrogen and oxygen atoms in total. The number of ether oxygens (including phenoxy) is 1. The third kappa shape index (κ3) is 1.22. The van der Waals surface area contributed by atoms with Gasteiger partial charge in [-0.1, -0.05) is 18.2 Å². The second kappa shape index (κ2) is 3.91. The zero-order chi connectivity index (χ0) is 14.9. The molecule has 1 aromatic heterocycles. The zero-order valence-corrected chi connectivity index (χ0v) is 12.4. The highest BCUT2D eigenvalue weighted by Crippen LogP contribution is 2.54. The van der Waals surface area contributed by atoms with Crippen LogP contribution in [-0.4, -0.2) is 24.2 Å². The van der Waals surface area contributed by atoms with Gasteiger partial charge in [-0.2, -0.15) is 0 Å². The molecule has 0 bridgehead atoms. The van der Waals surface area contributed by atoms with E-state index in [-0.39, 0.29) is 5.91 Å². The smallest absolute Gasteiger partial charge is 0.259 e. The lowest BCUT2D eigenvalue weighted by molar-refractivity contribution is -0.122. The maximum atomic E-state index is 13.3. The number of carbonyl (C=O) groups is 1. The van der Waals surface area contributed by atoms with Gasteiger partial charge in [-0.15, -0.1) is 0 Å². The van der Waals surface area contributed by atoms with E-state index in [1.54, 1.807) is 0 Å². The molecule has 3 aliphatic heterocycles. The maximum absolute atomic E-state index is 13.3. The second-order valence-electron chi connectivity index (χ2n) is 6.34. The van der Waals surface area contributed by atoms with Gasteiger partial charge in [0.1, 0.15) is 17.8 Å². The number of rotatable bonds is 0. The third-order valence-electron chi connectivity index (χ3n) is 5.22. The van der Waals surface area contributed by atoms with Gasteiger partial charge in [0, 0.05) is 6.54 Å². The number of anilines is 1. The van der Waals surface area contributed by atoms with Gasteiger partial charge in [-0.25, -0.2) is 0 Å². The SMILES string of the molecule is Cc1onc2c1C1(CO2)C(=O)N2CCCCc3cccc1c32. The van der Waals surface area contributed by atoms with Crippen LogP contribution in [0.1, 0.15) is 35.3 Å².